The highest BCUT2D eigenvalue weighted by Gasteiger charge is 2.33. The first-order chi connectivity index (χ1) is 11.2. The molecule has 0 aliphatic heterocycles. The second-order valence-corrected chi connectivity index (χ2v) is 5.65. The molecule has 4 N–H and O–H groups in total. The Morgan fingerprint density at radius 2 is 1.67 bits per heavy atom. The van der Waals surface area contributed by atoms with Crippen LogP contribution in [0.1, 0.15) is 39.0 Å². The minimum atomic E-state index is -1.02. The van der Waals surface area contributed by atoms with E-state index in [2.05, 4.69) is 11.3 Å². The zero-order valence-corrected chi connectivity index (χ0v) is 14.6. The molecule has 24 heavy (non-hydrogen) atoms. The molecule has 1 unspecified atom stereocenters. The van der Waals surface area contributed by atoms with Gasteiger partial charge in [0.25, 0.3) is 0 Å². The number of ether oxygens (including phenoxy) is 3. The zero-order chi connectivity index (χ0) is 18.6. The second-order valence-electron chi connectivity index (χ2n) is 5.38. The summed E-state index contributed by atoms with van der Waals surface area (Å²) in [7, 11) is 0. The molecule has 0 saturated heterocycles. The summed E-state index contributed by atoms with van der Waals surface area (Å²) < 4.78 is 14.8. The summed E-state index contributed by atoms with van der Waals surface area (Å²) in [4.78, 5) is 33.0. The molecular weight excluding hydrogens is 340 g/mol. The molecule has 0 fully saturated rings. The smallest absolute Gasteiger partial charge is 0.405 e. The summed E-state index contributed by atoms with van der Waals surface area (Å²) >= 11 is 5.95. The Morgan fingerprint density at radius 1 is 1.00 bits per heavy atom. The van der Waals surface area contributed by atoms with Gasteiger partial charge in [0, 0.05) is 12.0 Å². The van der Waals surface area contributed by atoms with Gasteiger partial charge in [0.15, 0.2) is 0 Å². The van der Waals surface area contributed by atoms with Crippen molar-refractivity contribution in [3.8, 4) is 0 Å². The van der Waals surface area contributed by atoms with Gasteiger partial charge in [-0.3, -0.25) is 0 Å². The summed E-state index contributed by atoms with van der Waals surface area (Å²) in [6.07, 6.45) is 0.857. The van der Waals surface area contributed by atoms with Gasteiger partial charge in [0.05, 0.1) is 19.1 Å². The van der Waals surface area contributed by atoms with E-state index in [-0.39, 0.29) is 31.1 Å². The molecule has 8 nitrogen and oxygen atoms in total. The number of rotatable bonds is 12. The lowest BCUT2D eigenvalue weighted by atomic mass is 9.94. The van der Waals surface area contributed by atoms with Crippen LogP contribution in [-0.4, -0.2) is 42.9 Å². The number of carbonyl (C=O) groups is 3. The van der Waals surface area contributed by atoms with Crippen molar-refractivity contribution in [2.75, 3.05) is 19.1 Å². The number of alkyl halides is 1. The Bertz CT molecular complexity index is 457. The summed E-state index contributed by atoms with van der Waals surface area (Å²) in [6, 6.07) is 0. The van der Waals surface area contributed by atoms with Crippen molar-refractivity contribution in [1.82, 2.24) is 0 Å². The lowest BCUT2D eigenvalue weighted by molar-refractivity contribution is -0.140. The highest BCUT2D eigenvalue weighted by atomic mass is 35.5. The molecule has 0 spiro atoms. The number of amides is 2. The van der Waals surface area contributed by atoms with Gasteiger partial charge >= 0.3 is 18.2 Å². The van der Waals surface area contributed by atoms with E-state index in [0.717, 1.165) is 0 Å². The quantitative estimate of drug-likeness (QED) is 0.179. The van der Waals surface area contributed by atoms with E-state index in [1.807, 2.05) is 0 Å². The van der Waals surface area contributed by atoms with Gasteiger partial charge in [-0.15, -0.1) is 11.6 Å². The Hall–Kier alpha value is -1.96. The van der Waals surface area contributed by atoms with E-state index in [4.69, 9.17) is 32.5 Å². The Balaban J connectivity index is 4.42. The van der Waals surface area contributed by atoms with E-state index < -0.39 is 23.8 Å². The lowest BCUT2D eigenvalue weighted by Gasteiger charge is -2.30. The molecule has 138 valence electrons. The second kappa shape index (κ2) is 11.6. The Labute approximate surface area is 146 Å². The van der Waals surface area contributed by atoms with Gasteiger partial charge in [0.2, 0.25) is 0 Å². The maximum absolute atomic E-state index is 11.4. The first-order valence-electron chi connectivity index (χ1n) is 7.52. The van der Waals surface area contributed by atoms with Crippen molar-refractivity contribution in [2.24, 2.45) is 11.5 Å². The van der Waals surface area contributed by atoms with Gasteiger partial charge < -0.3 is 25.7 Å². The van der Waals surface area contributed by atoms with Crippen LogP contribution in [0.5, 0.6) is 0 Å². The van der Waals surface area contributed by atoms with Crippen molar-refractivity contribution in [3.63, 3.8) is 0 Å². The van der Waals surface area contributed by atoms with E-state index in [1.165, 1.54) is 6.92 Å². The third-order valence-electron chi connectivity index (χ3n) is 3.22. The number of primary amides is 2. The third-order valence-corrected chi connectivity index (χ3v) is 3.71. The van der Waals surface area contributed by atoms with E-state index >= 15 is 0 Å². The van der Waals surface area contributed by atoms with E-state index in [9.17, 15) is 14.4 Å². The predicted molar refractivity (Wildman–Crippen MR) is 88.5 cm³/mol. The van der Waals surface area contributed by atoms with Crippen LogP contribution in [0.4, 0.5) is 9.59 Å². The number of hydrogen-bond donors (Lipinski definition) is 2. The fourth-order valence-corrected chi connectivity index (χ4v) is 2.27. The van der Waals surface area contributed by atoms with Crippen molar-refractivity contribution in [1.29, 1.82) is 0 Å². The molecule has 0 radical (unpaired) electrons. The number of nitrogens with two attached hydrogens (primary N) is 2. The van der Waals surface area contributed by atoms with Crippen LogP contribution >= 0.6 is 11.6 Å². The summed E-state index contributed by atoms with van der Waals surface area (Å²) in [5.74, 6) is -0.514. The van der Waals surface area contributed by atoms with Crippen LogP contribution in [0.3, 0.4) is 0 Å². The number of halogens is 1. The average Bonchev–Trinajstić information content (AvgIpc) is 2.49. The van der Waals surface area contributed by atoms with Gasteiger partial charge in [-0.2, -0.15) is 0 Å². The maximum Gasteiger partial charge on any atom is 0.405 e. The fraction of sp³-hybridized carbons (Fsp3) is 0.667. The largest absolute Gasteiger partial charge is 0.462 e. The SMILES string of the molecule is C=C(C)C(=O)OCCC(CCl)(CCCCCOC(N)=O)OC(N)=O. The molecule has 0 bridgehead atoms. The fourth-order valence-electron chi connectivity index (χ4n) is 1.95. The monoisotopic (exact) mass is 364 g/mol. The van der Waals surface area contributed by atoms with Crippen LogP contribution in [-0.2, 0) is 19.0 Å². The molecular formula is C15H25ClN2O6. The molecule has 0 aromatic heterocycles. The van der Waals surface area contributed by atoms with E-state index in [0.29, 0.717) is 25.7 Å². The normalized spacial score (nSPS) is 12.8. The summed E-state index contributed by atoms with van der Waals surface area (Å²) in [5.41, 5.74) is 9.22. The van der Waals surface area contributed by atoms with Crippen LogP contribution in [0, 0.1) is 0 Å². The van der Waals surface area contributed by atoms with Gasteiger partial charge in [-0.25, -0.2) is 14.4 Å². The minimum Gasteiger partial charge on any atom is -0.462 e. The average molecular weight is 365 g/mol. The van der Waals surface area contributed by atoms with Crippen molar-refractivity contribution < 1.29 is 28.6 Å². The highest BCUT2D eigenvalue weighted by molar-refractivity contribution is 6.18. The first kappa shape index (κ1) is 22.0. The van der Waals surface area contributed by atoms with Crippen LogP contribution < -0.4 is 11.5 Å². The molecule has 1 atom stereocenters. The van der Waals surface area contributed by atoms with Crippen molar-refractivity contribution in [3.05, 3.63) is 12.2 Å². The van der Waals surface area contributed by atoms with Gasteiger partial charge in [-0.05, 0) is 32.6 Å². The third kappa shape index (κ3) is 9.94. The Kier molecular flexibility index (Phi) is 10.6. The van der Waals surface area contributed by atoms with Crippen LogP contribution in [0.25, 0.3) is 0 Å². The minimum absolute atomic E-state index is 0.0122. The van der Waals surface area contributed by atoms with Gasteiger partial charge in [0.1, 0.15) is 5.60 Å². The lowest BCUT2D eigenvalue weighted by Crippen LogP contribution is -2.40. The zero-order valence-electron chi connectivity index (χ0n) is 13.8. The number of esters is 1. The van der Waals surface area contributed by atoms with Crippen molar-refractivity contribution >= 4 is 29.8 Å². The molecule has 0 heterocycles. The topological polar surface area (TPSA) is 131 Å². The van der Waals surface area contributed by atoms with Crippen LogP contribution in [0.15, 0.2) is 12.2 Å². The maximum atomic E-state index is 11.4. The van der Waals surface area contributed by atoms with E-state index in [1.54, 1.807) is 0 Å². The summed E-state index contributed by atoms with van der Waals surface area (Å²) in [5, 5.41) is 0. The number of hydrogen-bond acceptors (Lipinski definition) is 6. The molecule has 0 aromatic rings. The summed E-state index contributed by atoms with van der Waals surface area (Å²) in [6.45, 7) is 5.25. The molecule has 0 aliphatic rings. The predicted octanol–water partition coefficient (Wildman–Crippen LogP) is 2.22. The van der Waals surface area contributed by atoms with Gasteiger partial charge in [-0.1, -0.05) is 6.58 Å². The molecule has 0 aromatic carbocycles. The molecule has 0 aliphatic carbocycles. The number of unbranched alkanes of at least 4 members (excludes halogenated alkanes) is 2. The molecule has 0 rings (SSSR count). The van der Waals surface area contributed by atoms with Crippen LogP contribution in [0.2, 0.25) is 0 Å². The highest BCUT2D eigenvalue weighted by Crippen LogP contribution is 2.26. The number of carbonyl (C=O) groups excluding carboxylic acids is 3. The molecule has 2 amide bonds. The standard InChI is InChI=1S/C15H25ClN2O6/c1-11(2)12(19)22-9-7-15(10-16,24-14(18)21)6-4-3-5-8-23-13(17)20/h1,3-10H2,2H3,(H2,17,20)(H2,18,21). The first-order valence-corrected chi connectivity index (χ1v) is 8.05. The molecule has 9 heteroatoms. The molecule has 0 saturated carbocycles. The Morgan fingerprint density at radius 3 is 2.17 bits per heavy atom. The van der Waals surface area contributed by atoms with Crippen molar-refractivity contribution in [2.45, 2.75) is 44.6 Å².